The fourth-order valence-corrected chi connectivity index (χ4v) is 3.69. The van der Waals surface area contributed by atoms with Crippen LogP contribution in [-0.2, 0) is 15.0 Å². The normalized spacial score (nSPS) is 19.0. The second-order valence-corrected chi connectivity index (χ2v) is 7.63. The van der Waals surface area contributed by atoms with Crippen molar-refractivity contribution in [1.82, 2.24) is 13.5 Å². The molecule has 1 fully saturated rings. The molecule has 23 heavy (non-hydrogen) atoms. The van der Waals surface area contributed by atoms with Gasteiger partial charge in [-0.05, 0) is 6.07 Å². The second-order valence-electron chi connectivity index (χ2n) is 5.49. The van der Waals surface area contributed by atoms with Gasteiger partial charge in [-0.2, -0.15) is 17.0 Å². The predicted octanol–water partition coefficient (Wildman–Crippen LogP) is 0.375. The first kappa shape index (κ1) is 17.8. The zero-order valence-electron chi connectivity index (χ0n) is 13.0. The summed E-state index contributed by atoms with van der Waals surface area (Å²) < 4.78 is 40.5. The van der Waals surface area contributed by atoms with Crippen LogP contribution in [-0.4, -0.2) is 73.3 Å². The smallest absolute Gasteiger partial charge is 0.325 e. The number of benzene rings is 1. The maximum absolute atomic E-state index is 13.9. The van der Waals surface area contributed by atoms with Crippen LogP contribution in [0.15, 0.2) is 24.3 Å². The molecule has 128 valence electrons. The summed E-state index contributed by atoms with van der Waals surface area (Å²) in [6.07, 6.45) is 0. The lowest BCUT2D eigenvalue weighted by Crippen LogP contribution is -2.53. The van der Waals surface area contributed by atoms with Crippen LogP contribution >= 0.6 is 0 Å². The molecule has 1 N–H and O–H groups in total. The Labute approximate surface area is 135 Å². The van der Waals surface area contributed by atoms with Gasteiger partial charge in [0.2, 0.25) is 0 Å². The number of hydrogen-bond donors (Lipinski definition) is 1. The maximum Gasteiger partial charge on any atom is 0.325 e. The van der Waals surface area contributed by atoms with E-state index in [1.165, 1.54) is 36.6 Å². The summed E-state index contributed by atoms with van der Waals surface area (Å²) in [6, 6.07) is 4.62. The number of rotatable bonds is 5. The minimum absolute atomic E-state index is 0.0870. The number of halogens is 1. The van der Waals surface area contributed by atoms with Crippen LogP contribution in [0.2, 0.25) is 0 Å². The molecular formula is C14H20FN3O4S. The second kappa shape index (κ2) is 6.91. The van der Waals surface area contributed by atoms with E-state index in [9.17, 15) is 22.7 Å². The van der Waals surface area contributed by atoms with Crippen LogP contribution < -0.4 is 0 Å². The summed E-state index contributed by atoms with van der Waals surface area (Å²) >= 11 is 0. The molecule has 7 nitrogen and oxygen atoms in total. The third-order valence-electron chi connectivity index (χ3n) is 3.86. The highest BCUT2D eigenvalue weighted by molar-refractivity contribution is 7.86. The summed E-state index contributed by atoms with van der Waals surface area (Å²) in [6.45, 7) is 0.772. The zero-order chi connectivity index (χ0) is 17.2. The van der Waals surface area contributed by atoms with E-state index in [1.54, 1.807) is 11.0 Å². The summed E-state index contributed by atoms with van der Waals surface area (Å²) in [7, 11) is -0.633. The first-order valence-electron chi connectivity index (χ1n) is 7.14. The van der Waals surface area contributed by atoms with E-state index < -0.39 is 28.0 Å². The third-order valence-corrected chi connectivity index (χ3v) is 5.80. The molecule has 1 unspecified atom stereocenters. The van der Waals surface area contributed by atoms with Gasteiger partial charge >= 0.3 is 5.97 Å². The highest BCUT2D eigenvalue weighted by atomic mass is 32.2. The minimum Gasteiger partial charge on any atom is -0.480 e. The molecule has 1 atom stereocenters. The topological polar surface area (TPSA) is 81.2 Å². The van der Waals surface area contributed by atoms with Gasteiger partial charge in [-0.1, -0.05) is 18.2 Å². The third kappa shape index (κ3) is 3.69. The van der Waals surface area contributed by atoms with Crippen molar-refractivity contribution in [3.8, 4) is 0 Å². The van der Waals surface area contributed by atoms with Crippen molar-refractivity contribution in [3.05, 3.63) is 35.6 Å². The van der Waals surface area contributed by atoms with Gasteiger partial charge in [0.25, 0.3) is 10.2 Å². The predicted molar refractivity (Wildman–Crippen MR) is 82.5 cm³/mol. The number of carboxylic acids is 1. The van der Waals surface area contributed by atoms with Crippen LogP contribution in [0.3, 0.4) is 0 Å². The molecule has 1 aromatic carbocycles. The Balaban J connectivity index is 2.17. The van der Waals surface area contributed by atoms with E-state index in [2.05, 4.69) is 0 Å². The highest BCUT2D eigenvalue weighted by Gasteiger charge is 2.35. The molecule has 0 saturated carbocycles. The van der Waals surface area contributed by atoms with Crippen molar-refractivity contribution in [3.63, 3.8) is 0 Å². The Hall–Kier alpha value is -1.55. The average Bonchev–Trinajstić information content (AvgIpc) is 2.49. The Kier molecular flexibility index (Phi) is 5.35. The Bertz CT molecular complexity index is 672. The minimum atomic E-state index is -3.52. The van der Waals surface area contributed by atoms with Gasteiger partial charge in [0.15, 0.2) is 0 Å². The van der Waals surface area contributed by atoms with E-state index in [0.717, 1.165) is 4.31 Å². The Morgan fingerprint density at radius 3 is 2.26 bits per heavy atom. The van der Waals surface area contributed by atoms with Crippen molar-refractivity contribution in [2.75, 3.05) is 40.3 Å². The van der Waals surface area contributed by atoms with Gasteiger partial charge in [0.05, 0.1) is 0 Å². The molecule has 0 bridgehead atoms. The first-order chi connectivity index (χ1) is 10.7. The number of aliphatic carboxylic acids is 1. The lowest BCUT2D eigenvalue weighted by molar-refractivity contribution is -0.144. The molecule has 1 aliphatic heterocycles. The lowest BCUT2D eigenvalue weighted by atomic mass is 10.0. The number of hydrogen-bond acceptors (Lipinski definition) is 4. The van der Waals surface area contributed by atoms with E-state index in [4.69, 9.17) is 0 Å². The van der Waals surface area contributed by atoms with Crippen LogP contribution in [0.5, 0.6) is 0 Å². The summed E-state index contributed by atoms with van der Waals surface area (Å²) in [5.41, 5.74) is 0.0870. The van der Waals surface area contributed by atoms with E-state index >= 15 is 0 Å². The van der Waals surface area contributed by atoms with Crippen molar-refractivity contribution < 1.29 is 22.7 Å². The Morgan fingerprint density at radius 1 is 1.22 bits per heavy atom. The van der Waals surface area contributed by atoms with Crippen LogP contribution in [0.1, 0.15) is 11.6 Å². The van der Waals surface area contributed by atoms with Crippen molar-refractivity contribution >= 4 is 16.2 Å². The number of carbonyl (C=O) groups is 1. The summed E-state index contributed by atoms with van der Waals surface area (Å²) in [4.78, 5) is 13.2. The quantitative estimate of drug-likeness (QED) is 0.834. The zero-order valence-corrected chi connectivity index (χ0v) is 13.8. The molecule has 1 aromatic rings. The maximum atomic E-state index is 13.9. The fraction of sp³-hybridized carbons (Fsp3) is 0.500. The van der Waals surface area contributed by atoms with Crippen LogP contribution in [0, 0.1) is 5.82 Å². The number of piperazine rings is 1. The molecule has 0 aliphatic carbocycles. The number of carboxylic acid groups (broad SMARTS) is 1. The van der Waals surface area contributed by atoms with Crippen molar-refractivity contribution in [2.45, 2.75) is 6.04 Å². The molecule has 2 rings (SSSR count). The summed E-state index contributed by atoms with van der Waals surface area (Å²) in [5.74, 6) is -1.73. The molecule has 0 amide bonds. The van der Waals surface area contributed by atoms with E-state index in [1.807, 2.05) is 0 Å². The fourth-order valence-electron chi connectivity index (χ4n) is 2.61. The van der Waals surface area contributed by atoms with Gasteiger partial charge in [-0.3, -0.25) is 9.69 Å². The molecule has 1 aliphatic rings. The van der Waals surface area contributed by atoms with Gasteiger partial charge in [0.1, 0.15) is 11.9 Å². The molecule has 9 heteroatoms. The lowest BCUT2D eigenvalue weighted by Gasteiger charge is -2.37. The largest absolute Gasteiger partial charge is 0.480 e. The highest BCUT2D eigenvalue weighted by Crippen LogP contribution is 2.25. The molecule has 0 spiro atoms. The van der Waals surface area contributed by atoms with Crippen LogP contribution in [0.25, 0.3) is 0 Å². The first-order valence-corrected chi connectivity index (χ1v) is 8.53. The average molecular weight is 345 g/mol. The summed E-state index contributed by atoms with van der Waals surface area (Å²) in [5, 5.41) is 9.47. The number of nitrogens with zero attached hydrogens (tertiary/aromatic N) is 3. The van der Waals surface area contributed by atoms with E-state index in [-0.39, 0.29) is 31.7 Å². The van der Waals surface area contributed by atoms with Gasteiger partial charge in [-0.15, -0.1) is 0 Å². The van der Waals surface area contributed by atoms with Gasteiger partial charge in [-0.25, -0.2) is 4.39 Å². The SMILES string of the molecule is CN(C)S(=O)(=O)N1CCN(C(C(=O)O)c2ccccc2F)CC1. The van der Waals surface area contributed by atoms with Crippen molar-refractivity contribution in [1.29, 1.82) is 0 Å². The van der Waals surface area contributed by atoms with Crippen LogP contribution in [0.4, 0.5) is 4.39 Å². The van der Waals surface area contributed by atoms with Gasteiger partial charge in [0, 0.05) is 45.8 Å². The molecular weight excluding hydrogens is 325 g/mol. The molecule has 1 heterocycles. The van der Waals surface area contributed by atoms with E-state index in [0.29, 0.717) is 0 Å². The monoisotopic (exact) mass is 345 g/mol. The standard InChI is InChI=1S/C14H20FN3O4S/c1-16(2)23(21,22)18-9-7-17(8-10-18)13(14(19)20)11-5-3-4-6-12(11)15/h3-6,13H,7-10H2,1-2H3,(H,19,20). The Morgan fingerprint density at radius 2 is 1.78 bits per heavy atom. The van der Waals surface area contributed by atoms with Gasteiger partial charge < -0.3 is 5.11 Å². The molecule has 1 saturated heterocycles. The molecule has 0 radical (unpaired) electrons. The van der Waals surface area contributed by atoms with Crippen molar-refractivity contribution in [2.24, 2.45) is 0 Å². The molecule has 0 aromatic heterocycles.